The third kappa shape index (κ3) is 4.09. The maximum absolute atomic E-state index is 9.35. The van der Waals surface area contributed by atoms with Crippen molar-refractivity contribution in [2.75, 3.05) is 39.9 Å². The Morgan fingerprint density at radius 3 is 2.60 bits per heavy atom. The molecule has 2 rings (SSSR count). The van der Waals surface area contributed by atoms with Gasteiger partial charge in [0.05, 0.1) is 7.11 Å². The van der Waals surface area contributed by atoms with Gasteiger partial charge in [-0.3, -0.25) is 4.90 Å². The zero-order valence-electron chi connectivity index (χ0n) is 12.3. The summed E-state index contributed by atoms with van der Waals surface area (Å²) < 4.78 is 5.26. The normalized spacial score (nSPS) is 17.4. The summed E-state index contributed by atoms with van der Waals surface area (Å²) >= 11 is 0. The van der Waals surface area contributed by atoms with Gasteiger partial charge in [-0.1, -0.05) is 6.07 Å². The Kier molecular flexibility index (Phi) is 7.30. The molecule has 0 unspecified atom stereocenters. The molecule has 5 heteroatoms. The van der Waals surface area contributed by atoms with Gasteiger partial charge in [0.1, 0.15) is 5.75 Å². The van der Waals surface area contributed by atoms with Gasteiger partial charge in [-0.15, -0.1) is 12.4 Å². The van der Waals surface area contributed by atoms with Crippen molar-refractivity contribution < 1.29 is 9.84 Å². The van der Waals surface area contributed by atoms with E-state index in [0.717, 1.165) is 38.3 Å². The van der Waals surface area contributed by atoms with E-state index in [-0.39, 0.29) is 19.0 Å². The summed E-state index contributed by atoms with van der Waals surface area (Å²) in [6, 6.07) is 6.52. The molecule has 1 aromatic rings. The maximum Gasteiger partial charge on any atom is 0.119 e. The number of aliphatic hydroxyl groups is 1. The molecule has 0 saturated carbocycles. The largest absolute Gasteiger partial charge is 0.497 e. The number of aliphatic hydroxyl groups excluding tert-OH is 1. The van der Waals surface area contributed by atoms with Crippen LogP contribution in [0.2, 0.25) is 0 Å². The Hall–Kier alpha value is -0.810. The van der Waals surface area contributed by atoms with Gasteiger partial charge in [-0.05, 0) is 36.6 Å². The van der Waals surface area contributed by atoms with Gasteiger partial charge in [-0.2, -0.15) is 0 Å². The third-order valence-corrected chi connectivity index (χ3v) is 3.83. The van der Waals surface area contributed by atoms with Gasteiger partial charge in [0.2, 0.25) is 0 Å². The Morgan fingerprint density at radius 1 is 1.35 bits per heavy atom. The highest BCUT2D eigenvalue weighted by Crippen LogP contribution is 2.29. The standard InChI is InChI=1S/C15H24N2O2.ClH/c1-12-11-13(19-2)3-4-14(12)15(5-10-18)17-8-6-16-7-9-17;/h3-4,11,15-16,18H,5-10H2,1-2H3;1H/t15-;/m1./s1. The zero-order valence-corrected chi connectivity index (χ0v) is 13.1. The van der Waals surface area contributed by atoms with Crippen LogP contribution in [0.25, 0.3) is 0 Å². The summed E-state index contributed by atoms with van der Waals surface area (Å²) in [7, 11) is 1.69. The lowest BCUT2D eigenvalue weighted by Gasteiger charge is -2.35. The number of methoxy groups -OCH3 is 1. The third-order valence-electron chi connectivity index (χ3n) is 3.83. The predicted octanol–water partition coefficient (Wildman–Crippen LogP) is 1.75. The van der Waals surface area contributed by atoms with Crippen molar-refractivity contribution in [3.63, 3.8) is 0 Å². The predicted molar refractivity (Wildman–Crippen MR) is 83.9 cm³/mol. The monoisotopic (exact) mass is 300 g/mol. The average molecular weight is 301 g/mol. The second-order valence-electron chi connectivity index (χ2n) is 5.04. The van der Waals surface area contributed by atoms with Gasteiger partial charge in [-0.25, -0.2) is 0 Å². The zero-order chi connectivity index (χ0) is 13.7. The van der Waals surface area contributed by atoms with E-state index in [1.807, 2.05) is 6.07 Å². The summed E-state index contributed by atoms with van der Waals surface area (Å²) in [5.74, 6) is 0.893. The van der Waals surface area contributed by atoms with Gasteiger partial charge in [0, 0.05) is 38.8 Å². The smallest absolute Gasteiger partial charge is 0.119 e. The molecule has 1 fully saturated rings. The lowest BCUT2D eigenvalue weighted by Crippen LogP contribution is -2.45. The topological polar surface area (TPSA) is 44.7 Å². The van der Waals surface area contributed by atoms with Crippen LogP contribution in [0.1, 0.15) is 23.6 Å². The Morgan fingerprint density at radius 2 is 2.05 bits per heavy atom. The molecule has 1 aliphatic rings. The quantitative estimate of drug-likeness (QED) is 0.870. The molecule has 0 bridgehead atoms. The minimum Gasteiger partial charge on any atom is -0.497 e. The summed E-state index contributed by atoms with van der Waals surface area (Å²) in [5.41, 5.74) is 2.54. The molecule has 0 amide bonds. The molecule has 1 saturated heterocycles. The van der Waals surface area contributed by atoms with Crippen LogP contribution >= 0.6 is 12.4 Å². The lowest BCUT2D eigenvalue weighted by molar-refractivity contribution is 0.140. The van der Waals surface area contributed by atoms with Gasteiger partial charge < -0.3 is 15.2 Å². The van der Waals surface area contributed by atoms with Crippen molar-refractivity contribution in [3.05, 3.63) is 29.3 Å². The second kappa shape index (κ2) is 8.47. The number of hydrogen-bond acceptors (Lipinski definition) is 4. The van der Waals surface area contributed by atoms with Crippen LogP contribution in [0.15, 0.2) is 18.2 Å². The van der Waals surface area contributed by atoms with E-state index in [0.29, 0.717) is 6.04 Å². The molecule has 1 aromatic carbocycles. The molecule has 0 aliphatic carbocycles. The number of nitrogens with zero attached hydrogens (tertiary/aromatic N) is 1. The highest BCUT2D eigenvalue weighted by Gasteiger charge is 2.23. The summed E-state index contributed by atoms with van der Waals surface area (Å²) in [4.78, 5) is 2.46. The minimum atomic E-state index is 0. The van der Waals surface area contributed by atoms with Crippen molar-refractivity contribution in [3.8, 4) is 5.75 Å². The van der Waals surface area contributed by atoms with Crippen molar-refractivity contribution in [1.29, 1.82) is 0 Å². The van der Waals surface area contributed by atoms with Crippen molar-refractivity contribution >= 4 is 12.4 Å². The van der Waals surface area contributed by atoms with Crippen LogP contribution in [0.3, 0.4) is 0 Å². The van der Waals surface area contributed by atoms with Crippen LogP contribution < -0.4 is 10.1 Å². The first-order valence-electron chi connectivity index (χ1n) is 6.96. The molecule has 0 radical (unpaired) electrons. The SMILES string of the molecule is COc1ccc([C@@H](CCO)N2CCNCC2)c(C)c1.Cl. The number of nitrogens with one attached hydrogen (secondary N) is 1. The highest BCUT2D eigenvalue weighted by molar-refractivity contribution is 5.85. The average Bonchev–Trinajstić information content (AvgIpc) is 2.46. The first-order valence-corrected chi connectivity index (χ1v) is 6.96. The first-order chi connectivity index (χ1) is 9.26. The van der Waals surface area contributed by atoms with Gasteiger partial charge >= 0.3 is 0 Å². The van der Waals surface area contributed by atoms with E-state index in [2.05, 4.69) is 29.3 Å². The number of hydrogen-bond donors (Lipinski definition) is 2. The fourth-order valence-electron chi connectivity index (χ4n) is 2.80. The summed E-state index contributed by atoms with van der Waals surface area (Å²) in [5, 5.41) is 12.7. The van der Waals surface area contributed by atoms with Crippen LogP contribution in [-0.4, -0.2) is 49.9 Å². The van der Waals surface area contributed by atoms with Crippen LogP contribution in [-0.2, 0) is 0 Å². The van der Waals surface area contributed by atoms with Crippen molar-refractivity contribution in [2.24, 2.45) is 0 Å². The van der Waals surface area contributed by atoms with Crippen LogP contribution in [0.4, 0.5) is 0 Å². The van der Waals surface area contributed by atoms with Crippen molar-refractivity contribution in [2.45, 2.75) is 19.4 Å². The van der Waals surface area contributed by atoms with Gasteiger partial charge in [0.25, 0.3) is 0 Å². The first kappa shape index (κ1) is 17.2. The minimum absolute atomic E-state index is 0. The highest BCUT2D eigenvalue weighted by atomic mass is 35.5. The maximum atomic E-state index is 9.35. The number of rotatable bonds is 5. The molecule has 4 nitrogen and oxygen atoms in total. The molecule has 1 atom stereocenters. The number of halogens is 1. The molecule has 0 aromatic heterocycles. The molecule has 2 N–H and O–H groups in total. The van der Waals surface area contributed by atoms with E-state index >= 15 is 0 Å². The fourth-order valence-corrected chi connectivity index (χ4v) is 2.80. The van der Waals surface area contributed by atoms with E-state index in [9.17, 15) is 5.11 Å². The van der Waals surface area contributed by atoms with E-state index in [4.69, 9.17) is 4.74 Å². The molecule has 1 aliphatic heterocycles. The Labute approximate surface area is 127 Å². The Balaban J connectivity index is 0.00000200. The number of ether oxygens (including phenoxy) is 1. The molecule has 20 heavy (non-hydrogen) atoms. The van der Waals surface area contributed by atoms with Crippen molar-refractivity contribution in [1.82, 2.24) is 10.2 Å². The molecule has 114 valence electrons. The van der Waals surface area contributed by atoms with Crippen LogP contribution in [0, 0.1) is 6.92 Å². The van der Waals surface area contributed by atoms with E-state index in [1.165, 1.54) is 11.1 Å². The number of aryl methyl sites for hydroxylation is 1. The Bertz CT molecular complexity index is 409. The summed E-state index contributed by atoms with van der Waals surface area (Å²) in [6.07, 6.45) is 0.785. The lowest BCUT2D eigenvalue weighted by atomic mass is 9.96. The number of piperazine rings is 1. The molecular weight excluding hydrogens is 276 g/mol. The number of benzene rings is 1. The summed E-state index contributed by atoms with van der Waals surface area (Å²) in [6.45, 7) is 6.46. The fraction of sp³-hybridized carbons (Fsp3) is 0.600. The van der Waals surface area contributed by atoms with Crippen LogP contribution in [0.5, 0.6) is 5.75 Å². The molecular formula is C15H25ClN2O2. The van der Waals surface area contributed by atoms with Gasteiger partial charge in [0.15, 0.2) is 0 Å². The van der Waals surface area contributed by atoms with E-state index in [1.54, 1.807) is 7.11 Å². The molecule has 0 spiro atoms. The molecule has 1 heterocycles. The second-order valence-corrected chi connectivity index (χ2v) is 5.04. The van der Waals surface area contributed by atoms with E-state index < -0.39 is 0 Å².